The number of hydrogen-bond acceptors (Lipinski definition) is 6. The molecular formula is C27H24N2O4S. The van der Waals surface area contributed by atoms with Crippen LogP contribution in [-0.2, 0) is 4.74 Å². The van der Waals surface area contributed by atoms with Crippen LogP contribution in [0, 0.1) is 6.92 Å². The van der Waals surface area contributed by atoms with Crippen molar-refractivity contribution in [1.82, 2.24) is 9.38 Å². The Morgan fingerprint density at radius 2 is 1.65 bits per heavy atom. The number of fused-ring (bicyclic) bond motifs is 3. The first-order valence-corrected chi connectivity index (χ1v) is 11.9. The molecule has 172 valence electrons. The number of nitrogens with zero attached hydrogens (tertiary/aromatic N) is 2. The first kappa shape index (κ1) is 22.1. The van der Waals surface area contributed by atoms with Gasteiger partial charge in [0, 0.05) is 0 Å². The van der Waals surface area contributed by atoms with Gasteiger partial charge in [-0.15, -0.1) is 0 Å². The van der Waals surface area contributed by atoms with Crippen LogP contribution >= 0.6 is 11.3 Å². The summed E-state index contributed by atoms with van der Waals surface area (Å²) in [7, 11) is 0. The molecule has 5 aromatic rings. The Balaban J connectivity index is 1.12. The summed E-state index contributed by atoms with van der Waals surface area (Å²) in [5.41, 5.74) is 3.73. The number of hydrogen-bond donors (Lipinski definition) is 0. The minimum Gasteiger partial charge on any atom is -0.491 e. The topological polar surface area (TPSA) is 62.1 Å². The molecule has 6 nitrogen and oxygen atoms in total. The van der Waals surface area contributed by atoms with Crippen molar-refractivity contribution < 1.29 is 14.2 Å². The summed E-state index contributed by atoms with van der Waals surface area (Å²) in [6.07, 6.45) is 1.89. The molecule has 0 bridgehead atoms. The number of ether oxygens (including phenoxy) is 3. The molecule has 0 N–H and O–H groups in total. The quantitative estimate of drug-likeness (QED) is 0.300. The van der Waals surface area contributed by atoms with Crippen molar-refractivity contribution in [1.29, 1.82) is 0 Å². The fraction of sp³-hybridized carbons (Fsp3) is 0.185. The van der Waals surface area contributed by atoms with Crippen molar-refractivity contribution in [3.8, 4) is 11.5 Å². The van der Waals surface area contributed by atoms with Gasteiger partial charge < -0.3 is 14.2 Å². The molecular weight excluding hydrogens is 448 g/mol. The minimum atomic E-state index is -0.0439. The van der Waals surface area contributed by atoms with E-state index in [0.29, 0.717) is 35.9 Å². The van der Waals surface area contributed by atoms with Crippen LogP contribution in [0.1, 0.15) is 11.1 Å². The van der Waals surface area contributed by atoms with Crippen molar-refractivity contribution in [2.45, 2.75) is 6.92 Å². The van der Waals surface area contributed by atoms with Crippen molar-refractivity contribution >= 4 is 33.4 Å². The standard InChI is InChI=1S/C27H24N2O4S/c1-19-5-4-6-22(17-19)33-16-14-31-13-15-32-21-11-9-20(10-12-21)18-25-26(30)29-24-8-3-2-7-23(24)28-27(29)34-25/h2-12,17-18H,13-16H2,1H3/b25-18-. The molecule has 2 aromatic heterocycles. The zero-order valence-corrected chi connectivity index (χ0v) is 19.6. The summed E-state index contributed by atoms with van der Waals surface area (Å²) in [5.74, 6) is 1.61. The lowest BCUT2D eigenvalue weighted by atomic mass is 10.2. The van der Waals surface area contributed by atoms with E-state index in [4.69, 9.17) is 14.2 Å². The van der Waals surface area contributed by atoms with Crippen molar-refractivity contribution in [3.63, 3.8) is 0 Å². The van der Waals surface area contributed by atoms with Gasteiger partial charge in [-0.25, -0.2) is 9.38 Å². The van der Waals surface area contributed by atoms with Crippen LogP contribution in [0.2, 0.25) is 0 Å². The van der Waals surface area contributed by atoms with Crippen LogP contribution in [0.3, 0.4) is 0 Å². The first-order valence-electron chi connectivity index (χ1n) is 11.1. The maximum Gasteiger partial charge on any atom is 0.274 e. The Bertz CT molecular complexity index is 1520. The van der Waals surface area contributed by atoms with Crippen LogP contribution < -0.4 is 19.6 Å². The maximum absolute atomic E-state index is 12.9. The van der Waals surface area contributed by atoms with Crippen LogP contribution in [0.4, 0.5) is 0 Å². The molecule has 2 heterocycles. The number of thiazole rings is 1. The van der Waals surface area contributed by atoms with Crippen molar-refractivity contribution in [3.05, 3.63) is 98.8 Å². The summed E-state index contributed by atoms with van der Waals surface area (Å²) < 4.78 is 19.3. The van der Waals surface area contributed by atoms with E-state index in [1.54, 1.807) is 4.40 Å². The second-order valence-corrected chi connectivity index (χ2v) is 8.84. The number of benzene rings is 3. The van der Waals surface area contributed by atoms with Gasteiger partial charge in [-0.2, -0.15) is 0 Å². The average Bonchev–Trinajstić information content (AvgIpc) is 3.35. The van der Waals surface area contributed by atoms with Crippen LogP contribution in [0.15, 0.2) is 77.6 Å². The van der Waals surface area contributed by atoms with E-state index in [2.05, 4.69) is 4.98 Å². The largest absolute Gasteiger partial charge is 0.491 e. The summed E-state index contributed by atoms with van der Waals surface area (Å²) in [5, 5.41) is 0. The fourth-order valence-electron chi connectivity index (χ4n) is 3.67. The predicted molar refractivity (Wildman–Crippen MR) is 135 cm³/mol. The Morgan fingerprint density at radius 3 is 2.44 bits per heavy atom. The number of rotatable bonds is 9. The monoisotopic (exact) mass is 472 g/mol. The third kappa shape index (κ3) is 4.95. The summed E-state index contributed by atoms with van der Waals surface area (Å²) in [4.78, 5) is 18.1. The smallest absolute Gasteiger partial charge is 0.274 e. The molecule has 7 heteroatoms. The highest BCUT2D eigenvalue weighted by molar-refractivity contribution is 7.15. The second kappa shape index (κ2) is 10.1. The third-order valence-corrected chi connectivity index (χ3v) is 6.27. The van der Waals surface area contributed by atoms with Crippen molar-refractivity contribution in [2.75, 3.05) is 26.4 Å². The molecule has 0 saturated carbocycles. The van der Waals surface area contributed by atoms with E-state index in [1.165, 1.54) is 16.9 Å². The molecule has 0 saturated heterocycles. The molecule has 0 unspecified atom stereocenters. The van der Waals surface area contributed by atoms with Crippen LogP contribution in [0.5, 0.6) is 11.5 Å². The summed E-state index contributed by atoms with van der Waals surface area (Å²) >= 11 is 1.40. The normalized spacial score (nSPS) is 12.0. The summed E-state index contributed by atoms with van der Waals surface area (Å²) in [6, 6.07) is 23.3. The van der Waals surface area contributed by atoms with Gasteiger partial charge >= 0.3 is 0 Å². The van der Waals surface area contributed by atoms with E-state index in [1.807, 2.05) is 85.8 Å². The highest BCUT2D eigenvalue weighted by Crippen LogP contribution is 2.17. The molecule has 0 aliphatic heterocycles. The third-order valence-electron chi connectivity index (χ3n) is 5.31. The fourth-order valence-corrected chi connectivity index (χ4v) is 4.65. The van der Waals surface area contributed by atoms with E-state index < -0.39 is 0 Å². The molecule has 3 aromatic carbocycles. The Labute approximate surface area is 200 Å². The molecule has 0 radical (unpaired) electrons. The molecule has 0 amide bonds. The second-order valence-electron chi connectivity index (χ2n) is 7.83. The zero-order valence-electron chi connectivity index (χ0n) is 18.8. The molecule has 0 aliphatic rings. The molecule has 34 heavy (non-hydrogen) atoms. The Kier molecular flexibility index (Phi) is 6.56. The van der Waals surface area contributed by atoms with Gasteiger partial charge in [0.25, 0.3) is 5.56 Å². The van der Waals surface area contributed by atoms with Gasteiger partial charge in [-0.3, -0.25) is 4.79 Å². The van der Waals surface area contributed by atoms with E-state index in [0.717, 1.165) is 28.1 Å². The highest BCUT2D eigenvalue weighted by atomic mass is 32.1. The van der Waals surface area contributed by atoms with Crippen LogP contribution in [-0.4, -0.2) is 35.8 Å². The van der Waals surface area contributed by atoms with Gasteiger partial charge in [-0.1, -0.05) is 47.7 Å². The molecule has 0 fully saturated rings. The average molecular weight is 473 g/mol. The molecule has 0 spiro atoms. The number of imidazole rings is 1. The lowest BCUT2D eigenvalue weighted by Crippen LogP contribution is -2.22. The van der Waals surface area contributed by atoms with Gasteiger partial charge in [-0.05, 0) is 60.5 Å². The first-order chi connectivity index (χ1) is 16.7. The Hall–Kier alpha value is -3.68. The molecule has 0 aliphatic carbocycles. The minimum absolute atomic E-state index is 0.0439. The molecule has 5 rings (SSSR count). The van der Waals surface area contributed by atoms with E-state index >= 15 is 0 Å². The van der Waals surface area contributed by atoms with Gasteiger partial charge in [0.2, 0.25) is 0 Å². The van der Waals surface area contributed by atoms with Crippen molar-refractivity contribution in [2.24, 2.45) is 0 Å². The SMILES string of the molecule is Cc1cccc(OCCOCCOc2ccc(/C=c3\sc4nc5ccccc5n4c3=O)cc2)c1. The zero-order chi connectivity index (χ0) is 23.3. The van der Waals surface area contributed by atoms with Gasteiger partial charge in [0.05, 0.1) is 28.8 Å². The number of para-hydroxylation sites is 2. The number of aryl methyl sites for hydroxylation is 1. The predicted octanol–water partition coefficient (Wildman–Crippen LogP) is 4.24. The maximum atomic E-state index is 12.9. The lowest BCUT2D eigenvalue weighted by molar-refractivity contribution is 0.0764. The summed E-state index contributed by atoms with van der Waals surface area (Å²) in [6.45, 7) is 3.97. The van der Waals surface area contributed by atoms with Crippen LogP contribution in [0.25, 0.3) is 22.1 Å². The Morgan fingerprint density at radius 1 is 0.882 bits per heavy atom. The molecule has 0 atom stereocenters. The number of aromatic nitrogens is 2. The van der Waals surface area contributed by atoms with E-state index in [-0.39, 0.29) is 5.56 Å². The lowest BCUT2D eigenvalue weighted by Gasteiger charge is -2.09. The van der Waals surface area contributed by atoms with Gasteiger partial charge in [0.15, 0.2) is 4.96 Å². The van der Waals surface area contributed by atoms with Gasteiger partial charge in [0.1, 0.15) is 24.7 Å². The van der Waals surface area contributed by atoms with E-state index in [9.17, 15) is 4.79 Å². The highest BCUT2D eigenvalue weighted by Gasteiger charge is 2.10.